The number of rotatable bonds is 3. The SMILES string of the molecule is Cc1cncc(C2(CCN)CCC2)c1. The molecule has 0 bridgehead atoms. The highest BCUT2D eigenvalue weighted by Gasteiger charge is 2.37. The van der Waals surface area contributed by atoms with E-state index in [0.29, 0.717) is 5.41 Å². The molecule has 2 N–H and O–H groups in total. The van der Waals surface area contributed by atoms with E-state index in [1.165, 1.54) is 30.4 Å². The first-order chi connectivity index (χ1) is 6.77. The maximum absolute atomic E-state index is 5.68. The van der Waals surface area contributed by atoms with Gasteiger partial charge >= 0.3 is 0 Å². The van der Waals surface area contributed by atoms with Gasteiger partial charge in [-0.25, -0.2) is 0 Å². The summed E-state index contributed by atoms with van der Waals surface area (Å²) >= 11 is 0. The number of aryl methyl sites for hydroxylation is 1. The lowest BCUT2D eigenvalue weighted by atomic mass is 9.63. The summed E-state index contributed by atoms with van der Waals surface area (Å²) in [5.74, 6) is 0. The van der Waals surface area contributed by atoms with Crippen molar-refractivity contribution in [1.29, 1.82) is 0 Å². The van der Waals surface area contributed by atoms with Crippen LogP contribution in [0, 0.1) is 6.92 Å². The normalized spacial score (nSPS) is 19.0. The fraction of sp³-hybridized carbons (Fsp3) is 0.583. The summed E-state index contributed by atoms with van der Waals surface area (Å²) in [6, 6.07) is 2.27. The van der Waals surface area contributed by atoms with E-state index in [4.69, 9.17) is 5.73 Å². The second-order valence-electron chi connectivity index (χ2n) is 4.42. The number of aromatic nitrogens is 1. The average Bonchev–Trinajstić information content (AvgIpc) is 2.11. The largest absolute Gasteiger partial charge is 0.330 e. The van der Waals surface area contributed by atoms with Gasteiger partial charge in [0.25, 0.3) is 0 Å². The molecule has 2 heteroatoms. The molecular weight excluding hydrogens is 172 g/mol. The van der Waals surface area contributed by atoms with Gasteiger partial charge in [-0.2, -0.15) is 0 Å². The maximum Gasteiger partial charge on any atom is 0.0305 e. The Bertz CT molecular complexity index is 316. The predicted octanol–water partition coefficient (Wildman–Crippen LogP) is 2.16. The Labute approximate surface area is 85.5 Å². The third kappa shape index (κ3) is 1.55. The molecule has 1 fully saturated rings. The first-order valence-electron chi connectivity index (χ1n) is 5.39. The maximum atomic E-state index is 5.68. The third-order valence-corrected chi connectivity index (χ3v) is 3.42. The fourth-order valence-electron chi connectivity index (χ4n) is 2.41. The van der Waals surface area contributed by atoms with Crippen LogP contribution in [-0.4, -0.2) is 11.5 Å². The van der Waals surface area contributed by atoms with Crippen molar-refractivity contribution in [3.05, 3.63) is 29.6 Å². The van der Waals surface area contributed by atoms with Gasteiger partial charge in [-0.3, -0.25) is 4.98 Å². The van der Waals surface area contributed by atoms with E-state index in [2.05, 4.69) is 18.0 Å². The minimum absolute atomic E-state index is 0.369. The second kappa shape index (κ2) is 3.70. The van der Waals surface area contributed by atoms with Crippen molar-refractivity contribution in [3.8, 4) is 0 Å². The van der Waals surface area contributed by atoms with Crippen LogP contribution in [0.25, 0.3) is 0 Å². The Balaban J connectivity index is 2.27. The molecule has 0 atom stereocenters. The van der Waals surface area contributed by atoms with Crippen LogP contribution in [0.5, 0.6) is 0 Å². The molecule has 1 heterocycles. The summed E-state index contributed by atoms with van der Waals surface area (Å²) < 4.78 is 0. The van der Waals surface area contributed by atoms with E-state index in [1.807, 2.05) is 12.4 Å². The van der Waals surface area contributed by atoms with Crippen LogP contribution in [0.15, 0.2) is 18.5 Å². The lowest BCUT2D eigenvalue weighted by molar-refractivity contribution is 0.228. The standard InChI is InChI=1S/C12H18N2/c1-10-7-11(9-14-8-10)12(5-6-13)3-2-4-12/h7-9H,2-6,13H2,1H3. The molecular formula is C12H18N2. The summed E-state index contributed by atoms with van der Waals surface area (Å²) in [5, 5.41) is 0. The van der Waals surface area contributed by atoms with Crippen LogP contribution < -0.4 is 5.73 Å². The van der Waals surface area contributed by atoms with Crippen molar-refractivity contribution >= 4 is 0 Å². The smallest absolute Gasteiger partial charge is 0.0305 e. The van der Waals surface area contributed by atoms with Crippen LogP contribution in [-0.2, 0) is 5.41 Å². The topological polar surface area (TPSA) is 38.9 Å². The van der Waals surface area contributed by atoms with Crippen molar-refractivity contribution < 1.29 is 0 Å². The molecule has 0 spiro atoms. The molecule has 76 valence electrons. The lowest BCUT2D eigenvalue weighted by Crippen LogP contribution is -2.36. The highest BCUT2D eigenvalue weighted by molar-refractivity contribution is 5.28. The van der Waals surface area contributed by atoms with Crippen LogP contribution in [0.3, 0.4) is 0 Å². The Kier molecular flexibility index (Phi) is 2.55. The van der Waals surface area contributed by atoms with Crippen LogP contribution in [0.2, 0.25) is 0 Å². The molecule has 0 aromatic carbocycles. The number of pyridine rings is 1. The van der Waals surface area contributed by atoms with Crippen molar-refractivity contribution in [1.82, 2.24) is 4.98 Å². The summed E-state index contributed by atoms with van der Waals surface area (Å²) in [7, 11) is 0. The highest BCUT2D eigenvalue weighted by Crippen LogP contribution is 2.45. The van der Waals surface area contributed by atoms with Gasteiger partial charge in [0, 0.05) is 12.4 Å². The van der Waals surface area contributed by atoms with E-state index in [1.54, 1.807) is 0 Å². The van der Waals surface area contributed by atoms with Gasteiger partial charge in [0.15, 0.2) is 0 Å². The van der Waals surface area contributed by atoms with Crippen molar-refractivity contribution in [2.45, 2.75) is 38.0 Å². The zero-order chi connectivity index (χ0) is 10.0. The zero-order valence-corrected chi connectivity index (χ0v) is 8.79. The summed E-state index contributed by atoms with van der Waals surface area (Å²) in [6.07, 6.45) is 8.96. The van der Waals surface area contributed by atoms with Gasteiger partial charge in [0.1, 0.15) is 0 Å². The highest BCUT2D eigenvalue weighted by atomic mass is 14.6. The molecule has 1 aromatic rings. The number of nitrogens with two attached hydrogens (primary N) is 1. The van der Waals surface area contributed by atoms with Gasteiger partial charge in [-0.15, -0.1) is 0 Å². The minimum Gasteiger partial charge on any atom is -0.330 e. The first-order valence-corrected chi connectivity index (χ1v) is 5.39. The minimum atomic E-state index is 0.369. The third-order valence-electron chi connectivity index (χ3n) is 3.42. The van der Waals surface area contributed by atoms with E-state index < -0.39 is 0 Å². The average molecular weight is 190 g/mol. The van der Waals surface area contributed by atoms with Gasteiger partial charge in [0.2, 0.25) is 0 Å². The summed E-state index contributed by atoms with van der Waals surface area (Å²) in [5.41, 5.74) is 8.70. The Morgan fingerprint density at radius 1 is 1.43 bits per heavy atom. The van der Waals surface area contributed by atoms with E-state index >= 15 is 0 Å². The van der Waals surface area contributed by atoms with Crippen LogP contribution in [0.1, 0.15) is 36.8 Å². The Morgan fingerprint density at radius 2 is 2.21 bits per heavy atom. The molecule has 1 aromatic heterocycles. The quantitative estimate of drug-likeness (QED) is 0.793. The van der Waals surface area contributed by atoms with Gasteiger partial charge in [-0.05, 0) is 49.3 Å². The molecule has 0 amide bonds. The number of nitrogens with zero attached hydrogens (tertiary/aromatic N) is 1. The Morgan fingerprint density at radius 3 is 2.71 bits per heavy atom. The number of hydrogen-bond acceptors (Lipinski definition) is 2. The molecule has 1 aliphatic rings. The molecule has 0 aliphatic heterocycles. The monoisotopic (exact) mass is 190 g/mol. The zero-order valence-electron chi connectivity index (χ0n) is 8.79. The molecule has 0 saturated heterocycles. The molecule has 1 aliphatic carbocycles. The van der Waals surface area contributed by atoms with Gasteiger partial charge < -0.3 is 5.73 Å². The van der Waals surface area contributed by atoms with Crippen LogP contribution in [0.4, 0.5) is 0 Å². The second-order valence-corrected chi connectivity index (χ2v) is 4.42. The molecule has 0 radical (unpaired) electrons. The molecule has 0 unspecified atom stereocenters. The van der Waals surface area contributed by atoms with E-state index in [-0.39, 0.29) is 0 Å². The van der Waals surface area contributed by atoms with Gasteiger partial charge in [-0.1, -0.05) is 12.5 Å². The molecule has 1 saturated carbocycles. The van der Waals surface area contributed by atoms with E-state index in [9.17, 15) is 0 Å². The van der Waals surface area contributed by atoms with E-state index in [0.717, 1.165) is 13.0 Å². The number of hydrogen-bond donors (Lipinski definition) is 1. The van der Waals surface area contributed by atoms with Gasteiger partial charge in [0.05, 0.1) is 0 Å². The van der Waals surface area contributed by atoms with Crippen molar-refractivity contribution in [2.75, 3.05) is 6.54 Å². The molecule has 2 nitrogen and oxygen atoms in total. The summed E-state index contributed by atoms with van der Waals surface area (Å²) in [6.45, 7) is 2.89. The summed E-state index contributed by atoms with van der Waals surface area (Å²) in [4.78, 5) is 4.27. The van der Waals surface area contributed by atoms with Crippen molar-refractivity contribution in [3.63, 3.8) is 0 Å². The first kappa shape index (κ1) is 9.66. The van der Waals surface area contributed by atoms with Crippen LogP contribution >= 0.6 is 0 Å². The fourth-order valence-corrected chi connectivity index (χ4v) is 2.41. The molecule has 14 heavy (non-hydrogen) atoms. The predicted molar refractivity (Wildman–Crippen MR) is 58.2 cm³/mol. The lowest BCUT2D eigenvalue weighted by Gasteiger charge is -2.42. The molecule has 2 rings (SSSR count). The van der Waals surface area contributed by atoms with Crippen molar-refractivity contribution in [2.24, 2.45) is 5.73 Å². The Hall–Kier alpha value is -0.890.